The van der Waals surface area contributed by atoms with Crippen molar-refractivity contribution in [1.82, 2.24) is 0 Å². The average Bonchev–Trinajstić information content (AvgIpc) is 2.28. The normalized spacial score (nSPS) is 12.9. The lowest BCUT2D eigenvalue weighted by Gasteiger charge is -2.20. The molecule has 106 valence electrons. The van der Waals surface area contributed by atoms with E-state index in [9.17, 15) is 13.2 Å². The van der Waals surface area contributed by atoms with Crippen LogP contribution in [0, 0.1) is 18.3 Å². The first-order valence-electron chi connectivity index (χ1n) is 5.43. The number of aryl methyl sites for hydroxylation is 1. The Morgan fingerprint density at radius 3 is 2.47 bits per heavy atom. The molecule has 0 saturated carbocycles. The molecule has 0 fully saturated rings. The van der Waals surface area contributed by atoms with E-state index in [2.05, 4.69) is 0 Å². The van der Waals surface area contributed by atoms with Gasteiger partial charge >= 0.3 is 6.18 Å². The fourth-order valence-corrected chi connectivity index (χ4v) is 1.43. The van der Waals surface area contributed by atoms with Gasteiger partial charge in [-0.2, -0.15) is 13.2 Å². The Bertz CT molecular complexity index is 461. The van der Waals surface area contributed by atoms with Crippen LogP contribution < -0.4 is 15.2 Å². The van der Waals surface area contributed by atoms with Gasteiger partial charge in [-0.1, -0.05) is 6.07 Å². The first kappa shape index (κ1) is 15.1. The molecule has 0 aliphatic carbocycles. The standard InChI is InChI=1S/C12H15F3N2O2/c1-7-3-4-9(10(5-7)18-2)19-6-8(11(16)17)12(13,14)15/h3-5,8H,6H2,1-2H3,(H3,16,17). The van der Waals surface area contributed by atoms with E-state index in [4.69, 9.17) is 20.6 Å². The van der Waals surface area contributed by atoms with Gasteiger partial charge in [0, 0.05) is 0 Å². The first-order chi connectivity index (χ1) is 8.75. The number of methoxy groups -OCH3 is 1. The van der Waals surface area contributed by atoms with Crippen LogP contribution in [0.3, 0.4) is 0 Å². The van der Waals surface area contributed by atoms with Crippen molar-refractivity contribution in [2.45, 2.75) is 13.1 Å². The molecule has 7 heteroatoms. The molecule has 0 aliphatic rings. The molecule has 1 rings (SSSR count). The molecule has 19 heavy (non-hydrogen) atoms. The van der Waals surface area contributed by atoms with Crippen LogP contribution in [0.25, 0.3) is 0 Å². The highest BCUT2D eigenvalue weighted by atomic mass is 19.4. The van der Waals surface area contributed by atoms with Crippen molar-refractivity contribution >= 4 is 5.84 Å². The molecule has 1 aromatic carbocycles. The topological polar surface area (TPSA) is 68.3 Å². The van der Waals surface area contributed by atoms with E-state index < -0.39 is 24.5 Å². The number of halogens is 3. The zero-order valence-electron chi connectivity index (χ0n) is 10.5. The maximum Gasteiger partial charge on any atom is 0.401 e. The molecule has 1 aromatic rings. The van der Waals surface area contributed by atoms with E-state index in [1.807, 2.05) is 6.92 Å². The van der Waals surface area contributed by atoms with Gasteiger partial charge in [-0.3, -0.25) is 5.41 Å². The van der Waals surface area contributed by atoms with Crippen molar-refractivity contribution in [3.05, 3.63) is 23.8 Å². The van der Waals surface area contributed by atoms with E-state index in [0.29, 0.717) is 5.75 Å². The van der Waals surface area contributed by atoms with Gasteiger partial charge in [-0.15, -0.1) is 0 Å². The number of benzene rings is 1. The zero-order valence-corrected chi connectivity index (χ0v) is 10.5. The molecule has 0 saturated heterocycles. The van der Waals surface area contributed by atoms with E-state index >= 15 is 0 Å². The molecule has 0 bridgehead atoms. The van der Waals surface area contributed by atoms with Crippen LogP contribution in [0.2, 0.25) is 0 Å². The molecule has 0 aliphatic heterocycles. The number of nitrogens with two attached hydrogens (primary N) is 1. The smallest absolute Gasteiger partial charge is 0.401 e. The summed E-state index contributed by atoms with van der Waals surface area (Å²) in [5, 5.41) is 6.95. The Labute approximate surface area is 108 Å². The molecular weight excluding hydrogens is 261 g/mol. The maximum absolute atomic E-state index is 12.6. The highest BCUT2D eigenvalue weighted by Crippen LogP contribution is 2.31. The lowest BCUT2D eigenvalue weighted by atomic mass is 10.1. The van der Waals surface area contributed by atoms with Crippen molar-refractivity contribution in [2.75, 3.05) is 13.7 Å². The van der Waals surface area contributed by atoms with Crippen LogP contribution in [-0.4, -0.2) is 25.7 Å². The number of ether oxygens (including phenoxy) is 2. The third-order valence-electron chi connectivity index (χ3n) is 2.50. The maximum atomic E-state index is 12.6. The second kappa shape index (κ2) is 5.81. The molecule has 0 aromatic heterocycles. The monoisotopic (exact) mass is 276 g/mol. The number of nitrogens with one attached hydrogen (secondary N) is 1. The first-order valence-corrected chi connectivity index (χ1v) is 5.43. The number of alkyl halides is 3. The van der Waals surface area contributed by atoms with Gasteiger partial charge in [0.1, 0.15) is 18.4 Å². The predicted octanol–water partition coefficient (Wildman–Crippen LogP) is 2.50. The number of rotatable bonds is 5. The molecule has 0 heterocycles. The van der Waals surface area contributed by atoms with Crippen molar-refractivity contribution in [1.29, 1.82) is 5.41 Å². The van der Waals surface area contributed by atoms with E-state index in [1.165, 1.54) is 13.2 Å². The second-order valence-corrected chi connectivity index (χ2v) is 4.01. The Balaban J connectivity index is 2.83. The van der Waals surface area contributed by atoms with Gasteiger partial charge in [0.15, 0.2) is 11.5 Å². The minimum Gasteiger partial charge on any atom is -0.493 e. The van der Waals surface area contributed by atoms with Gasteiger partial charge in [0.05, 0.1) is 7.11 Å². The number of amidine groups is 1. The molecular formula is C12H15F3N2O2. The summed E-state index contributed by atoms with van der Waals surface area (Å²) in [4.78, 5) is 0. The van der Waals surface area contributed by atoms with Crippen LogP contribution in [0.15, 0.2) is 18.2 Å². The summed E-state index contributed by atoms with van der Waals surface area (Å²) in [7, 11) is 1.40. The highest BCUT2D eigenvalue weighted by Gasteiger charge is 2.42. The lowest BCUT2D eigenvalue weighted by Crippen LogP contribution is -2.39. The van der Waals surface area contributed by atoms with Crippen LogP contribution in [-0.2, 0) is 0 Å². The van der Waals surface area contributed by atoms with Crippen LogP contribution in [0.4, 0.5) is 13.2 Å². The molecule has 1 unspecified atom stereocenters. The van der Waals surface area contributed by atoms with E-state index in [0.717, 1.165) is 5.56 Å². The summed E-state index contributed by atoms with van der Waals surface area (Å²) in [6, 6.07) is 4.85. The lowest BCUT2D eigenvalue weighted by molar-refractivity contribution is -0.162. The Hall–Kier alpha value is -1.92. The minimum atomic E-state index is -4.61. The van der Waals surface area contributed by atoms with Gasteiger partial charge < -0.3 is 15.2 Å². The average molecular weight is 276 g/mol. The van der Waals surface area contributed by atoms with E-state index in [1.54, 1.807) is 12.1 Å². The third-order valence-corrected chi connectivity index (χ3v) is 2.50. The van der Waals surface area contributed by atoms with Gasteiger partial charge in [-0.05, 0) is 24.6 Å². The van der Waals surface area contributed by atoms with Crippen LogP contribution in [0.1, 0.15) is 5.56 Å². The Morgan fingerprint density at radius 2 is 2.00 bits per heavy atom. The van der Waals surface area contributed by atoms with Crippen LogP contribution in [0.5, 0.6) is 11.5 Å². The highest BCUT2D eigenvalue weighted by molar-refractivity contribution is 5.80. The summed E-state index contributed by atoms with van der Waals surface area (Å²) in [6.45, 7) is 1.07. The van der Waals surface area contributed by atoms with Crippen LogP contribution >= 0.6 is 0 Å². The van der Waals surface area contributed by atoms with E-state index in [-0.39, 0.29) is 5.75 Å². The Kier molecular flexibility index (Phi) is 4.63. The zero-order chi connectivity index (χ0) is 14.6. The molecule has 0 radical (unpaired) electrons. The fraction of sp³-hybridized carbons (Fsp3) is 0.417. The van der Waals surface area contributed by atoms with Gasteiger partial charge in [0.2, 0.25) is 0 Å². The Morgan fingerprint density at radius 1 is 1.37 bits per heavy atom. The second-order valence-electron chi connectivity index (χ2n) is 4.01. The molecule has 0 amide bonds. The molecule has 1 atom stereocenters. The van der Waals surface area contributed by atoms with Crippen molar-refractivity contribution < 1.29 is 22.6 Å². The van der Waals surface area contributed by atoms with Gasteiger partial charge in [-0.25, -0.2) is 0 Å². The SMILES string of the molecule is COc1cc(C)ccc1OCC(C(=N)N)C(F)(F)F. The predicted molar refractivity (Wildman–Crippen MR) is 64.7 cm³/mol. The van der Waals surface area contributed by atoms with Crippen molar-refractivity contribution in [3.8, 4) is 11.5 Å². The van der Waals surface area contributed by atoms with Crippen molar-refractivity contribution in [2.24, 2.45) is 11.7 Å². The molecule has 3 N–H and O–H groups in total. The largest absolute Gasteiger partial charge is 0.493 e. The summed E-state index contributed by atoms with van der Waals surface area (Å²) in [6.07, 6.45) is -4.61. The molecule has 0 spiro atoms. The quantitative estimate of drug-likeness (QED) is 0.641. The third kappa shape index (κ3) is 4.04. The number of hydrogen-bond donors (Lipinski definition) is 2. The summed E-state index contributed by atoms with van der Waals surface area (Å²) in [5.74, 6) is -2.58. The fourth-order valence-electron chi connectivity index (χ4n) is 1.43. The number of hydrogen-bond acceptors (Lipinski definition) is 3. The summed E-state index contributed by atoms with van der Waals surface area (Å²) < 4.78 is 47.8. The summed E-state index contributed by atoms with van der Waals surface area (Å²) >= 11 is 0. The van der Waals surface area contributed by atoms with Crippen molar-refractivity contribution in [3.63, 3.8) is 0 Å². The minimum absolute atomic E-state index is 0.184. The summed E-state index contributed by atoms with van der Waals surface area (Å²) in [5.41, 5.74) is 5.83. The molecule has 4 nitrogen and oxygen atoms in total. The van der Waals surface area contributed by atoms with Gasteiger partial charge in [0.25, 0.3) is 0 Å².